The molecule has 2 rings (SSSR count). The Hall–Kier alpha value is -0.840. The van der Waals surface area contributed by atoms with Gasteiger partial charge in [-0.2, -0.15) is 0 Å². The van der Waals surface area contributed by atoms with Gasteiger partial charge in [0.15, 0.2) is 0 Å². The summed E-state index contributed by atoms with van der Waals surface area (Å²) in [6.45, 7) is 3.86. The Morgan fingerprint density at radius 1 is 1.10 bits per heavy atom. The average Bonchev–Trinajstić information content (AvgIpc) is 2.34. The highest BCUT2D eigenvalue weighted by molar-refractivity contribution is 9.10. The molecule has 0 bridgehead atoms. The summed E-state index contributed by atoms with van der Waals surface area (Å²) in [6.07, 6.45) is 0. The van der Waals surface area contributed by atoms with Crippen LogP contribution in [-0.4, -0.2) is 5.91 Å². The van der Waals surface area contributed by atoms with Crippen LogP contribution in [0.5, 0.6) is 0 Å². The monoisotopic (exact) mass is 415 g/mol. The fraction of sp³-hybridized carbons (Fsp3) is 0.133. The van der Waals surface area contributed by atoms with Crippen LogP contribution in [0, 0.1) is 13.8 Å². The fourth-order valence-corrected chi connectivity index (χ4v) is 3.13. The van der Waals surface area contributed by atoms with Gasteiger partial charge in [0, 0.05) is 19.5 Å². The second kappa shape index (κ2) is 6.29. The molecular weight excluding hydrogens is 405 g/mol. The maximum absolute atomic E-state index is 12.3. The van der Waals surface area contributed by atoms with E-state index >= 15 is 0 Å². The molecule has 0 aromatic heterocycles. The lowest BCUT2D eigenvalue weighted by atomic mass is 10.1. The van der Waals surface area contributed by atoms with Crippen LogP contribution in [0.4, 0.5) is 5.69 Å². The first-order chi connectivity index (χ1) is 9.36. The molecule has 2 nitrogen and oxygen atoms in total. The Kier molecular flexibility index (Phi) is 4.89. The number of hydrogen-bond acceptors (Lipinski definition) is 1. The lowest BCUT2D eigenvalue weighted by Crippen LogP contribution is -2.12. The number of halogens is 3. The highest BCUT2D eigenvalue weighted by Crippen LogP contribution is 2.29. The van der Waals surface area contributed by atoms with Crippen molar-refractivity contribution in [2.24, 2.45) is 0 Å². The van der Waals surface area contributed by atoms with Gasteiger partial charge in [-0.3, -0.25) is 4.79 Å². The predicted molar refractivity (Wildman–Crippen MR) is 90.7 cm³/mol. The highest BCUT2D eigenvalue weighted by Gasteiger charge is 2.11. The first-order valence-corrected chi connectivity index (χ1v) is 7.87. The summed E-state index contributed by atoms with van der Waals surface area (Å²) in [7, 11) is 0. The van der Waals surface area contributed by atoms with Crippen LogP contribution >= 0.6 is 43.5 Å². The maximum Gasteiger partial charge on any atom is 0.255 e. The normalized spacial score (nSPS) is 10.4. The smallest absolute Gasteiger partial charge is 0.255 e. The van der Waals surface area contributed by atoms with E-state index in [9.17, 15) is 4.79 Å². The van der Waals surface area contributed by atoms with Crippen LogP contribution in [0.1, 0.15) is 21.5 Å². The van der Waals surface area contributed by atoms with E-state index in [1.54, 1.807) is 12.1 Å². The first-order valence-electron chi connectivity index (χ1n) is 5.91. The minimum atomic E-state index is -0.171. The average molecular weight is 418 g/mol. The molecule has 0 radical (unpaired) electrons. The van der Waals surface area contributed by atoms with Gasteiger partial charge >= 0.3 is 0 Å². The molecule has 2 aromatic carbocycles. The van der Waals surface area contributed by atoms with Gasteiger partial charge in [0.05, 0.1) is 5.69 Å². The Morgan fingerprint density at radius 3 is 2.45 bits per heavy atom. The van der Waals surface area contributed by atoms with Crippen LogP contribution in [0.2, 0.25) is 5.02 Å². The van der Waals surface area contributed by atoms with Crippen molar-refractivity contribution in [2.45, 2.75) is 13.8 Å². The molecular formula is C15H12Br2ClNO. The molecule has 0 atom stereocenters. The van der Waals surface area contributed by atoms with E-state index in [1.807, 2.05) is 32.0 Å². The van der Waals surface area contributed by atoms with Crippen molar-refractivity contribution in [3.8, 4) is 0 Å². The van der Waals surface area contributed by atoms with E-state index in [0.717, 1.165) is 20.1 Å². The summed E-state index contributed by atoms with van der Waals surface area (Å²) in [4.78, 5) is 12.3. The molecule has 0 spiro atoms. The SMILES string of the molecule is Cc1cc(Br)cc(C(=O)Nc2cc(Cl)c(C)cc2Br)c1. The van der Waals surface area contributed by atoms with Crippen molar-refractivity contribution in [1.29, 1.82) is 0 Å². The number of anilines is 1. The number of nitrogens with one attached hydrogen (secondary N) is 1. The van der Waals surface area contributed by atoms with Crippen LogP contribution in [0.25, 0.3) is 0 Å². The Morgan fingerprint density at radius 2 is 1.80 bits per heavy atom. The number of amides is 1. The molecule has 0 aliphatic rings. The highest BCUT2D eigenvalue weighted by atomic mass is 79.9. The van der Waals surface area contributed by atoms with E-state index in [2.05, 4.69) is 37.2 Å². The fourth-order valence-electron chi connectivity index (χ4n) is 1.80. The zero-order valence-corrected chi connectivity index (χ0v) is 14.9. The summed E-state index contributed by atoms with van der Waals surface area (Å²) in [5.74, 6) is -0.171. The summed E-state index contributed by atoms with van der Waals surface area (Å²) in [6, 6.07) is 9.19. The van der Waals surface area contributed by atoms with Crippen molar-refractivity contribution in [1.82, 2.24) is 0 Å². The zero-order chi connectivity index (χ0) is 14.9. The third kappa shape index (κ3) is 3.62. The van der Waals surface area contributed by atoms with Crippen LogP contribution in [0.15, 0.2) is 39.3 Å². The summed E-state index contributed by atoms with van der Waals surface area (Å²) in [5, 5.41) is 3.48. The molecule has 2 aromatic rings. The van der Waals surface area contributed by atoms with Crippen LogP contribution in [0.3, 0.4) is 0 Å². The van der Waals surface area contributed by atoms with Gasteiger partial charge in [-0.05, 0) is 71.2 Å². The zero-order valence-electron chi connectivity index (χ0n) is 10.9. The van der Waals surface area contributed by atoms with E-state index in [1.165, 1.54) is 0 Å². The number of aryl methyl sites for hydroxylation is 2. The number of hydrogen-bond donors (Lipinski definition) is 1. The molecule has 0 heterocycles. The third-order valence-corrected chi connectivity index (χ3v) is 4.32. The molecule has 0 fully saturated rings. The number of rotatable bonds is 2. The van der Waals surface area contributed by atoms with Gasteiger partial charge in [-0.25, -0.2) is 0 Å². The van der Waals surface area contributed by atoms with Crippen molar-refractivity contribution >= 4 is 55.1 Å². The molecule has 1 amide bonds. The van der Waals surface area contributed by atoms with Gasteiger partial charge in [0.25, 0.3) is 5.91 Å². The quantitative estimate of drug-likeness (QED) is 0.664. The lowest BCUT2D eigenvalue weighted by molar-refractivity contribution is 0.102. The van der Waals surface area contributed by atoms with Gasteiger partial charge in [0.1, 0.15) is 0 Å². The topological polar surface area (TPSA) is 29.1 Å². The molecule has 0 unspecified atom stereocenters. The molecule has 0 aliphatic heterocycles. The second-order valence-corrected chi connectivity index (χ2v) is 6.73. The van der Waals surface area contributed by atoms with Gasteiger partial charge in [0.2, 0.25) is 0 Å². The lowest BCUT2D eigenvalue weighted by Gasteiger charge is -2.10. The number of carbonyl (C=O) groups is 1. The minimum absolute atomic E-state index is 0.171. The van der Waals surface area contributed by atoms with Crippen LogP contribution < -0.4 is 5.32 Å². The van der Waals surface area contributed by atoms with E-state index in [-0.39, 0.29) is 5.91 Å². The summed E-state index contributed by atoms with van der Waals surface area (Å²) < 4.78 is 1.68. The Labute approximate surface area is 139 Å². The molecule has 1 N–H and O–H groups in total. The number of carbonyl (C=O) groups excluding carboxylic acids is 1. The van der Waals surface area contributed by atoms with Gasteiger partial charge < -0.3 is 5.32 Å². The molecule has 20 heavy (non-hydrogen) atoms. The van der Waals surface area contributed by atoms with Gasteiger partial charge in [-0.15, -0.1) is 0 Å². The summed E-state index contributed by atoms with van der Waals surface area (Å²) >= 11 is 12.9. The van der Waals surface area contributed by atoms with E-state index in [4.69, 9.17) is 11.6 Å². The third-order valence-electron chi connectivity index (χ3n) is 2.80. The standard InChI is InChI=1S/C15H12Br2ClNO/c1-8-3-10(6-11(16)4-8)15(20)19-14-7-13(18)9(2)5-12(14)17/h3-7H,1-2H3,(H,19,20). The molecule has 0 saturated carbocycles. The Balaban J connectivity index is 2.30. The predicted octanol–water partition coefficient (Wildman–Crippen LogP) is 5.73. The molecule has 0 aliphatic carbocycles. The van der Waals surface area contributed by atoms with Crippen molar-refractivity contribution in [3.05, 3.63) is 61.0 Å². The van der Waals surface area contributed by atoms with Crippen molar-refractivity contribution < 1.29 is 4.79 Å². The van der Waals surface area contributed by atoms with Crippen molar-refractivity contribution in [3.63, 3.8) is 0 Å². The molecule has 0 saturated heterocycles. The minimum Gasteiger partial charge on any atom is -0.321 e. The first kappa shape index (κ1) is 15.5. The van der Waals surface area contributed by atoms with Gasteiger partial charge in [-0.1, -0.05) is 27.5 Å². The largest absolute Gasteiger partial charge is 0.321 e. The van der Waals surface area contributed by atoms with E-state index < -0.39 is 0 Å². The maximum atomic E-state index is 12.3. The summed E-state index contributed by atoms with van der Waals surface area (Å²) in [5.41, 5.74) is 3.23. The number of benzene rings is 2. The second-order valence-electron chi connectivity index (χ2n) is 4.55. The molecule has 104 valence electrons. The van der Waals surface area contributed by atoms with Crippen molar-refractivity contribution in [2.75, 3.05) is 5.32 Å². The molecule has 5 heteroatoms. The Bertz CT molecular complexity index is 666. The van der Waals surface area contributed by atoms with E-state index in [0.29, 0.717) is 16.3 Å². The van der Waals surface area contributed by atoms with Crippen LogP contribution in [-0.2, 0) is 0 Å².